The molecule has 1 N–H and O–H groups in total. The summed E-state index contributed by atoms with van der Waals surface area (Å²) >= 11 is 8.74. The van der Waals surface area contributed by atoms with E-state index >= 15 is 0 Å². The monoisotopic (exact) mass is 315 g/mol. The number of aromatic amines is 1. The number of rotatable bonds is 1. The van der Waals surface area contributed by atoms with Crippen LogP contribution in [0.3, 0.4) is 0 Å². The van der Waals surface area contributed by atoms with Crippen molar-refractivity contribution in [3.63, 3.8) is 0 Å². The van der Waals surface area contributed by atoms with Crippen LogP contribution in [-0.4, -0.2) is 4.98 Å². The molecule has 18 heavy (non-hydrogen) atoms. The second-order valence-corrected chi connectivity index (χ2v) is 5.46. The fraction of sp³-hybridized carbons (Fsp3) is 0. The van der Waals surface area contributed by atoms with E-state index in [-0.39, 0.29) is 0 Å². The molecule has 0 bridgehead atoms. The lowest BCUT2D eigenvalue weighted by atomic mass is 10.0. The topological polar surface area (TPSA) is 15.8 Å². The summed E-state index contributed by atoms with van der Waals surface area (Å²) in [5.41, 5.74) is 3.42. The molecular formula is C15H10BrNS. The van der Waals surface area contributed by atoms with Crippen molar-refractivity contribution in [2.75, 3.05) is 0 Å². The van der Waals surface area contributed by atoms with E-state index < -0.39 is 0 Å². The van der Waals surface area contributed by atoms with Crippen LogP contribution in [0.2, 0.25) is 0 Å². The maximum Gasteiger partial charge on any atom is 0.104 e. The molecule has 0 aliphatic heterocycles. The van der Waals surface area contributed by atoms with E-state index in [1.165, 1.54) is 16.5 Å². The standard InChI is InChI=1S/C15H10BrNS/c16-11-7-5-10(6-8-11)13-9-15(18)17-14-4-2-1-3-12(13)14/h1-9H,(H,17,18). The van der Waals surface area contributed by atoms with Crippen molar-refractivity contribution < 1.29 is 0 Å². The van der Waals surface area contributed by atoms with Crippen LogP contribution in [-0.2, 0) is 0 Å². The Labute approximate surface area is 119 Å². The van der Waals surface area contributed by atoms with Gasteiger partial charge in [0.1, 0.15) is 4.64 Å². The lowest BCUT2D eigenvalue weighted by Gasteiger charge is -2.07. The summed E-state index contributed by atoms with van der Waals surface area (Å²) in [6.07, 6.45) is 0. The van der Waals surface area contributed by atoms with Gasteiger partial charge in [-0.15, -0.1) is 0 Å². The van der Waals surface area contributed by atoms with Crippen molar-refractivity contribution in [3.8, 4) is 11.1 Å². The molecule has 0 unspecified atom stereocenters. The van der Waals surface area contributed by atoms with Gasteiger partial charge < -0.3 is 4.98 Å². The highest BCUT2D eigenvalue weighted by molar-refractivity contribution is 9.10. The lowest BCUT2D eigenvalue weighted by Crippen LogP contribution is -1.85. The third-order valence-corrected chi connectivity index (χ3v) is 3.65. The summed E-state index contributed by atoms with van der Waals surface area (Å²) in [7, 11) is 0. The Hall–Kier alpha value is -1.45. The highest BCUT2D eigenvalue weighted by Gasteiger charge is 2.04. The number of benzene rings is 2. The number of pyridine rings is 1. The summed E-state index contributed by atoms with van der Waals surface area (Å²) in [4.78, 5) is 3.22. The van der Waals surface area contributed by atoms with Crippen LogP contribution < -0.4 is 0 Å². The maximum absolute atomic E-state index is 5.29. The zero-order valence-corrected chi connectivity index (χ0v) is 11.9. The second kappa shape index (κ2) is 4.67. The first kappa shape index (κ1) is 11.6. The van der Waals surface area contributed by atoms with Gasteiger partial charge in [-0.1, -0.05) is 58.5 Å². The van der Waals surface area contributed by atoms with Crippen molar-refractivity contribution in [2.45, 2.75) is 0 Å². The Bertz CT molecular complexity index is 759. The SMILES string of the molecule is S=c1cc(-c2ccc(Br)cc2)c2ccccc2[nH]1. The molecule has 0 atom stereocenters. The molecule has 0 fully saturated rings. The molecule has 0 aliphatic carbocycles. The van der Waals surface area contributed by atoms with E-state index in [2.05, 4.69) is 39.1 Å². The predicted octanol–water partition coefficient (Wildman–Crippen LogP) is 5.33. The number of fused-ring (bicyclic) bond motifs is 1. The molecule has 0 radical (unpaired) electrons. The first-order chi connectivity index (χ1) is 8.74. The number of para-hydroxylation sites is 1. The van der Waals surface area contributed by atoms with Crippen molar-refractivity contribution >= 4 is 39.1 Å². The van der Waals surface area contributed by atoms with E-state index in [0.717, 1.165) is 14.6 Å². The average molecular weight is 316 g/mol. The minimum Gasteiger partial charge on any atom is -0.346 e. The van der Waals surface area contributed by atoms with Gasteiger partial charge in [0.2, 0.25) is 0 Å². The maximum atomic E-state index is 5.29. The number of H-pyrrole nitrogens is 1. The molecule has 1 heterocycles. The fourth-order valence-corrected chi connectivity index (χ4v) is 2.57. The molecule has 3 heteroatoms. The highest BCUT2D eigenvalue weighted by Crippen LogP contribution is 2.28. The quantitative estimate of drug-likeness (QED) is 0.600. The van der Waals surface area contributed by atoms with E-state index in [1.807, 2.05) is 36.4 Å². The summed E-state index contributed by atoms with van der Waals surface area (Å²) < 4.78 is 1.84. The number of hydrogen-bond acceptors (Lipinski definition) is 1. The summed E-state index contributed by atoms with van der Waals surface area (Å²) in [5.74, 6) is 0. The third kappa shape index (κ3) is 2.11. The predicted molar refractivity (Wildman–Crippen MR) is 82.3 cm³/mol. The van der Waals surface area contributed by atoms with Crippen molar-refractivity contribution in [1.82, 2.24) is 4.98 Å². The Morgan fingerprint density at radius 3 is 2.44 bits per heavy atom. The Balaban J connectivity index is 2.34. The molecule has 0 saturated carbocycles. The zero-order chi connectivity index (χ0) is 12.5. The summed E-state index contributed by atoms with van der Waals surface area (Å²) in [5, 5.41) is 1.19. The van der Waals surface area contributed by atoms with Gasteiger partial charge in [0.25, 0.3) is 0 Å². The molecule has 2 aromatic carbocycles. The highest BCUT2D eigenvalue weighted by atomic mass is 79.9. The third-order valence-electron chi connectivity index (χ3n) is 2.91. The molecule has 3 aromatic rings. The van der Waals surface area contributed by atoms with Crippen molar-refractivity contribution in [1.29, 1.82) is 0 Å². The normalized spacial score (nSPS) is 10.7. The minimum atomic E-state index is 0.756. The average Bonchev–Trinajstić information content (AvgIpc) is 2.38. The summed E-state index contributed by atoms with van der Waals surface area (Å²) in [6.45, 7) is 0. The molecule has 0 saturated heterocycles. The van der Waals surface area contributed by atoms with Gasteiger partial charge in [-0.05, 0) is 35.4 Å². The fourth-order valence-electron chi connectivity index (χ4n) is 2.07. The number of hydrogen-bond donors (Lipinski definition) is 1. The van der Waals surface area contributed by atoms with Gasteiger partial charge >= 0.3 is 0 Å². The largest absolute Gasteiger partial charge is 0.346 e. The van der Waals surface area contributed by atoms with Crippen LogP contribution in [0.15, 0.2) is 59.1 Å². The van der Waals surface area contributed by atoms with E-state index in [9.17, 15) is 0 Å². The van der Waals surface area contributed by atoms with Gasteiger partial charge in [-0.2, -0.15) is 0 Å². The van der Waals surface area contributed by atoms with Crippen LogP contribution in [0, 0.1) is 4.64 Å². The van der Waals surface area contributed by atoms with Crippen LogP contribution in [0.1, 0.15) is 0 Å². The smallest absolute Gasteiger partial charge is 0.104 e. The second-order valence-electron chi connectivity index (χ2n) is 4.10. The van der Waals surface area contributed by atoms with E-state index in [4.69, 9.17) is 12.2 Å². The van der Waals surface area contributed by atoms with Gasteiger partial charge in [0, 0.05) is 15.4 Å². The molecular weight excluding hydrogens is 306 g/mol. The van der Waals surface area contributed by atoms with Crippen LogP contribution >= 0.6 is 28.1 Å². The minimum absolute atomic E-state index is 0.756. The van der Waals surface area contributed by atoms with Crippen LogP contribution in [0.25, 0.3) is 22.0 Å². The van der Waals surface area contributed by atoms with Crippen molar-refractivity contribution in [2.24, 2.45) is 0 Å². The Kier molecular flexibility index (Phi) is 3.02. The number of nitrogens with one attached hydrogen (secondary N) is 1. The van der Waals surface area contributed by atoms with Gasteiger partial charge in [0.15, 0.2) is 0 Å². The molecule has 88 valence electrons. The molecule has 0 aliphatic rings. The molecule has 1 aromatic heterocycles. The molecule has 1 nitrogen and oxygen atoms in total. The molecule has 0 spiro atoms. The van der Waals surface area contributed by atoms with Gasteiger partial charge in [-0.3, -0.25) is 0 Å². The van der Waals surface area contributed by atoms with E-state index in [0.29, 0.717) is 0 Å². The Morgan fingerprint density at radius 1 is 0.944 bits per heavy atom. The Morgan fingerprint density at radius 2 is 1.67 bits per heavy atom. The number of aromatic nitrogens is 1. The summed E-state index contributed by atoms with van der Waals surface area (Å²) in [6, 6.07) is 18.5. The van der Waals surface area contributed by atoms with Crippen LogP contribution in [0.5, 0.6) is 0 Å². The van der Waals surface area contributed by atoms with Crippen molar-refractivity contribution in [3.05, 3.63) is 63.7 Å². The van der Waals surface area contributed by atoms with E-state index in [1.54, 1.807) is 0 Å². The lowest BCUT2D eigenvalue weighted by molar-refractivity contribution is 1.38. The zero-order valence-electron chi connectivity index (χ0n) is 9.48. The first-order valence-electron chi connectivity index (χ1n) is 5.62. The number of halogens is 1. The van der Waals surface area contributed by atoms with Crippen LogP contribution in [0.4, 0.5) is 0 Å². The van der Waals surface area contributed by atoms with Gasteiger partial charge in [-0.25, -0.2) is 0 Å². The molecule has 3 rings (SSSR count). The van der Waals surface area contributed by atoms with Gasteiger partial charge in [0.05, 0.1) is 0 Å². The first-order valence-corrected chi connectivity index (χ1v) is 6.82. The molecule has 0 amide bonds.